The van der Waals surface area contributed by atoms with Crippen LogP contribution in [0, 0.1) is 13.8 Å². The van der Waals surface area contributed by atoms with Crippen molar-refractivity contribution in [1.29, 1.82) is 0 Å². The highest BCUT2D eigenvalue weighted by Gasteiger charge is 2.19. The monoisotopic (exact) mass is 388 g/mol. The van der Waals surface area contributed by atoms with Gasteiger partial charge in [-0.05, 0) is 48.6 Å². The van der Waals surface area contributed by atoms with Gasteiger partial charge in [0.25, 0.3) is 0 Å². The second kappa shape index (κ2) is 5.76. The number of rotatable bonds is 3. The van der Waals surface area contributed by atoms with E-state index in [1.807, 2.05) is 0 Å². The van der Waals surface area contributed by atoms with Gasteiger partial charge < -0.3 is 4.74 Å². The summed E-state index contributed by atoms with van der Waals surface area (Å²) in [5.41, 5.74) is 3.64. The van der Waals surface area contributed by atoms with E-state index in [0.717, 1.165) is 15.8 Å². The highest BCUT2D eigenvalue weighted by molar-refractivity contribution is 9.10. The van der Waals surface area contributed by atoms with Crippen LogP contribution in [0.3, 0.4) is 0 Å². The van der Waals surface area contributed by atoms with Gasteiger partial charge in [-0.3, -0.25) is 0 Å². The third-order valence-corrected chi connectivity index (χ3v) is 6.11. The molecule has 0 fully saturated rings. The van der Waals surface area contributed by atoms with Crippen molar-refractivity contribution < 1.29 is 4.74 Å². The fraction of sp³-hybridized carbons (Fsp3) is 0.286. The Morgan fingerprint density at radius 2 is 1.94 bits per heavy atom. The number of alkyl halides is 1. The van der Waals surface area contributed by atoms with Gasteiger partial charge >= 0.3 is 0 Å². The van der Waals surface area contributed by atoms with Gasteiger partial charge in [-0.2, -0.15) is 0 Å². The first-order valence-electron chi connectivity index (χ1n) is 5.56. The molecule has 4 heteroatoms. The highest BCUT2D eigenvalue weighted by Crippen LogP contribution is 2.42. The number of benzene rings is 1. The Labute approximate surface area is 128 Å². The van der Waals surface area contributed by atoms with Gasteiger partial charge in [-0.1, -0.05) is 31.9 Å². The Morgan fingerprint density at radius 3 is 2.50 bits per heavy atom. The summed E-state index contributed by atoms with van der Waals surface area (Å²) < 4.78 is 6.60. The normalized spacial score (nSPS) is 12.5. The second-order valence-corrected chi connectivity index (χ2v) is 6.89. The molecule has 0 aliphatic rings. The zero-order chi connectivity index (χ0) is 13.3. The molecule has 0 aliphatic heterocycles. The summed E-state index contributed by atoms with van der Waals surface area (Å²) >= 11 is 9.13. The summed E-state index contributed by atoms with van der Waals surface area (Å²) in [7, 11) is 1.72. The van der Waals surface area contributed by atoms with Crippen LogP contribution in [0.4, 0.5) is 0 Å². The molecule has 1 atom stereocenters. The van der Waals surface area contributed by atoms with Crippen LogP contribution in [-0.2, 0) is 0 Å². The molecule has 1 heterocycles. The van der Waals surface area contributed by atoms with E-state index in [9.17, 15) is 0 Å². The number of thiophene rings is 1. The Bertz CT molecular complexity index is 563. The van der Waals surface area contributed by atoms with Gasteiger partial charge in [0.2, 0.25) is 0 Å². The van der Waals surface area contributed by atoms with Crippen LogP contribution in [0.2, 0.25) is 0 Å². The van der Waals surface area contributed by atoms with E-state index in [0.29, 0.717) is 0 Å². The Balaban J connectivity index is 2.50. The van der Waals surface area contributed by atoms with Crippen molar-refractivity contribution >= 4 is 43.2 Å². The zero-order valence-corrected chi connectivity index (χ0v) is 14.4. The molecule has 0 N–H and O–H groups in total. The standard InChI is InChI=1S/C14H14Br2OS/c1-8-4-5-18-14(8)13(16)10-7-11(15)9(2)6-12(10)17-3/h4-7,13H,1-3H3. The molecule has 2 rings (SSSR count). The minimum absolute atomic E-state index is 0.171. The molecule has 18 heavy (non-hydrogen) atoms. The number of ether oxygens (including phenoxy) is 1. The predicted molar refractivity (Wildman–Crippen MR) is 85.3 cm³/mol. The van der Waals surface area contributed by atoms with E-state index >= 15 is 0 Å². The minimum atomic E-state index is 0.171. The lowest BCUT2D eigenvalue weighted by molar-refractivity contribution is 0.410. The largest absolute Gasteiger partial charge is 0.496 e. The van der Waals surface area contributed by atoms with Gasteiger partial charge in [0.05, 0.1) is 11.9 Å². The quantitative estimate of drug-likeness (QED) is 0.619. The van der Waals surface area contributed by atoms with Crippen LogP contribution >= 0.6 is 43.2 Å². The third kappa shape index (κ3) is 2.65. The fourth-order valence-corrected chi connectivity index (χ4v) is 4.15. The van der Waals surface area contributed by atoms with Crippen molar-refractivity contribution in [3.8, 4) is 5.75 Å². The molecule has 0 bridgehead atoms. The second-order valence-electron chi connectivity index (χ2n) is 4.17. The van der Waals surface area contributed by atoms with Crippen molar-refractivity contribution in [2.75, 3.05) is 7.11 Å². The van der Waals surface area contributed by atoms with Crippen LogP contribution < -0.4 is 4.74 Å². The lowest BCUT2D eigenvalue weighted by Crippen LogP contribution is -1.98. The van der Waals surface area contributed by atoms with Crippen LogP contribution in [0.25, 0.3) is 0 Å². The first-order chi connectivity index (χ1) is 8.54. The summed E-state index contributed by atoms with van der Waals surface area (Å²) in [5.74, 6) is 0.922. The first kappa shape index (κ1) is 14.1. The van der Waals surface area contributed by atoms with Crippen molar-refractivity contribution in [3.63, 3.8) is 0 Å². The predicted octanol–water partition coefficient (Wildman–Crippen LogP) is 5.62. The molecule has 1 aromatic heterocycles. The molecule has 0 spiro atoms. The van der Waals surface area contributed by atoms with Crippen molar-refractivity contribution in [3.05, 3.63) is 49.6 Å². The summed E-state index contributed by atoms with van der Waals surface area (Å²) in [6, 6.07) is 6.34. The van der Waals surface area contributed by atoms with Gasteiger partial charge in [0.1, 0.15) is 5.75 Å². The van der Waals surface area contributed by atoms with Crippen LogP contribution in [0.15, 0.2) is 28.1 Å². The Hall–Kier alpha value is -0.320. The van der Waals surface area contributed by atoms with Gasteiger partial charge in [-0.15, -0.1) is 11.3 Å². The molecule has 0 radical (unpaired) electrons. The van der Waals surface area contributed by atoms with E-state index in [1.165, 1.54) is 16.0 Å². The molecule has 0 saturated heterocycles. The molecule has 0 amide bonds. The first-order valence-corrected chi connectivity index (χ1v) is 8.15. The number of methoxy groups -OCH3 is 1. The maximum atomic E-state index is 5.49. The molecule has 0 saturated carbocycles. The summed E-state index contributed by atoms with van der Waals surface area (Å²) in [4.78, 5) is 1.49. The van der Waals surface area contributed by atoms with Crippen LogP contribution in [-0.4, -0.2) is 7.11 Å². The van der Waals surface area contributed by atoms with Crippen molar-refractivity contribution in [2.45, 2.75) is 18.7 Å². The van der Waals surface area contributed by atoms with Crippen LogP contribution in [0.5, 0.6) is 5.75 Å². The van der Waals surface area contributed by atoms with E-state index < -0.39 is 0 Å². The van der Waals surface area contributed by atoms with E-state index in [4.69, 9.17) is 4.74 Å². The maximum absolute atomic E-state index is 5.49. The summed E-state index contributed by atoms with van der Waals surface area (Å²) in [5, 5.41) is 2.12. The van der Waals surface area contributed by atoms with Gasteiger partial charge in [0.15, 0.2) is 0 Å². The molecular formula is C14H14Br2OS. The van der Waals surface area contributed by atoms with Gasteiger partial charge in [0, 0.05) is 14.9 Å². The average Bonchev–Trinajstić information content (AvgIpc) is 2.77. The van der Waals surface area contributed by atoms with Crippen LogP contribution in [0.1, 0.15) is 26.4 Å². The zero-order valence-electron chi connectivity index (χ0n) is 10.5. The number of hydrogen-bond donors (Lipinski definition) is 0. The Morgan fingerprint density at radius 1 is 1.22 bits per heavy atom. The number of halogens is 2. The maximum Gasteiger partial charge on any atom is 0.123 e. The molecule has 0 aliphatic carbocycles. The molecule has 1 aromatic carbocycles. The third-order valence-electron chi connectivity index (χ3n) is 2.92. The topological polar surface area (TPSA) is 9.23 Å². The summed E-state index contributed by atoms with van der Waals surface area (Å²) in [6.07, 6.45) is 0. The molecular weight excluding hydrogens is 376 g/mol. The lowest BCUT2D eigenvalue weighted by atomic mass is 10.1. The SMILES string of the molecule is COc1cc(C)c(Br)cc1C(Br)c1sccc1C. The highest BCUT2D eigenvalue weighted by atomic mass is 79.9. The Kier molecular flexibility index (Phi) is 4.51. The number of aryl methyl sites for hydroxylation is 2. The minimum Gasteiger partial charge on any atom is -0.496 e. The average molecular weight is 390 g/mol. The van der Waals surface area contributed by atoms with E-state index in [2.05, 4.69) is 69.3 Å². The smallest absolute Gasteiger partial charge is 0.123 e. The number of hydrogen-bond acceptors (Lipinski definition) is 2. The van der Waals surface area contributed by atoms with E-state index in [1.54, 1.807) is 18.4 Å². The molecule has 2 aromatic rings. The molecule has 1 unspecified atom stereocenters. The van der Waals surface area contributed by atoms with Crippen molar-refractivity contribution in [1.82, 2.24) is 0 Å². The summed E-state index contributed by atoms with van der Waals surface area (Å²) in [6.45, 7) is 4.20. The lowest BCUT2D eigenvalue weighted by Gasteiger charge is -2.16. The fourth-order valence-electron chi connectivity index (χ4n) is 1.83. The van der Waals surface area contributed by atoms with Crippen molar-refractivity contribution in [2.24, 2.45) is 0 Å². The van der Waals surface area contributed by atoms with Gasteiger partial charge in [-0.25, -0.2) is 0 Å². The molecule has 1 nitrogen and oxygen atoms in total. The van der Waals surface area contributed by atoms with E-state index in [-0.39, 0.29) is 4.83 Å². The molecule has 96 valence electrons.